The van der Waals surface area contributed by atoms with Crippen molar-refractivity contribution in [2.75, 3.05) is 0 Å². The van der Waals surface area contributed by atoms with Crippen molar-refractivity contribution < 1.29 is 0 Å². The van der Waals surface area contributed by atoms with Crippen LogP contribution < -0.4 is 0 Å². The predicted octanol–water partition coefficient (Wildman–Crippen LogP) is 4.77. The SMILES string of the molecule is CC(C)c1cc2ccc(Cl)cc2nc1Br. The van der Waals surface area contributed by atoms with Gasteiger partial charge in [-0.15, -0.1) is 0 Å². The van der Waals surface area contributed by atoms with Crippen LogP contribution in [0, 0.1) is 0 Å². The summed E-state index contributed by atoms with van der Waals surface area (Å²) in [6.45, 7) is 4.31. The molecule has 2 rings (SSSR count). The Morgan fingerprint density at radius 2 is 2.00 bits per heavy atom. The van der Waals surface area contributed by atoms with Gasteiger partial charge in [-0.3, -0.25) is 0 Å². The average Bonchev–Trinajstić information content (AvgIpc) is 2.15. The van der Waals surface area contributed by atoms with Gasteiger partial charge in [-0.25, -0.2) is 4.98 Å². The van der Waals surface area contributed by atoms with E-state index in [2.05, 4.69) is 40.8 Å². The van der Waals surface area contributed by atoms with E-state index in [0.717, 1.165) is 20.5 Å². The van der Waals surface area contributed by atoms with Crippen LogP contribution in [0.5, 0.6) is 0 Å². The largest absolute Gasteiger partial charge is 0.241 e. The summed E-state index contributed by atoms with van der Waals surface area (Å²) in [5.74, 6) is 0.465. The highest BCUT2D eigenvalue weighted by Crippen LogP contribution is 2.28. The van der Waals surface area contributed by atoms with Crippen molar-refractivity contribution in [3.05, 3.63) is 39.5 Å². The van der Waals surface area contributed by atoms with Crippen LogP contribution in [0.3, 0.4) is 0 Å². The molecular weight excluding hydrogens is 273 g/mol. The fourth-order valence-corrected chi connectivity index (χ4v) is 2.47. The van der Waals surface area contributed by atoms with Crippen LogP contribution >= 0.6 is 27.5 Å². The van der Waals surface area contributed by atoms with Gasteiger partial charge in [0.2, 0.25) is 0 Å². The molecule has 0 bridgehead atoms. The topological polar surface area (TPSA) is 12.9 Å². The van der Waals surface area contributed by atoms with E-state index in [1.165, 1.54) is 5.56 Å². The molecule has 3 heteroatoms. The lowest BCUT2D eigenvalue weighted by atomic mass is 10.0. The molecule has 0 aliphatic heterocycles. The summed E-state index contributed by atoms with van der Waals surface area (Å²) < 4.78 is 0.910. The summed E-state index contributed by atoms with van der Waals surface area (Å²) in [4.78, 5) is 4.49. The standard InChI is InChI=1S/C12H11BrClN/c1-7(2)10-5-8-3-4-9(14)6-11(8)15-12(10)13/h3-7H,1-2H3. The van der Waals surface area contributed by atoms with Gasteiger partial charge in [0, 0.05) is 10.4 Å². The Kier molecular flexibility index (Phi) is 2.98. The molecule has 0 radical (unpaired) electrons. The summed E-state index contributed by atoms with van der Waals surface area (Å²) in [5, 5.41) is 1.85. The molecule has 0 saturated carbocycles. The second-order valence-corrected chi connectivity index (χ2v) is 5.05. The van der Waals surface area contributed by atoms with Crippen LogP contribution in [0.1, 0.15) is 25.3 Å². The van der Waals surface area contributed by atoms with Gasteiger partial charge < -0.3 is 0 Å². The van der Waals surface area contributed by atoms with Crippen LogP contribution in [0.4, 0.5) is 0 Å². The van der Waals surface area contributed by atoms with Gasteiger partial charge in [0.25, 0.3) is 0 Å². The molecule has 0 atom stereocenters. The summed E-state index contributed by atoms with van der Waals surface area (Å²) in [6.07, 6.45) is 0. The van der Waals surface area contributed by atoms with Crippen LogP contribution in [0.2, 0.25) is 5.02 Å². The zero-order valence-corrected chi connectivity index (χ0v) is 10.9. The predicted molar refractivity (Wildman–Crippen MR) is 68.5 cm³/mol. The molecule has 0 amide bonds. The van der Waals surface area contributed by atoms with Crippen LogP contribution in [0.15, 0.2) is 28.9 Å². The van der Waals surface area contributed by atoms with E-state index in [9.17, 15) is 0 Å². The van der Waals surface area contributed by atoms with Crippen molar-refractivity contribution in [3.63, 3.8) is 0 Å². The third-order valence-electron chi connectivity index (χ3n) is 2.38. The Morgan fingerprint density at radius 1 is 1.27 bits per heavy atom. The molecule has 1 nitrogen and oxygen atoms in total. The Labute approximate surface area is 103 Å². The van der Waals surface area contributed by atoms with Crippen LogP contribution in [0.25, 0.3) is 10.9 Å². The second kappa shape index (κ2) is 4.11. The lowest BCUT2D eigenvalue weighted by molar-refractivity contribution is 0.854. The third kappa shape index (κ3) is 2.16. The van der Waals surface area contributed by atoms with Crippen molar-refractivity contribution in [2.24, 2.45) is 0 Å². The average molecular weight is 285 g/mol. The van der Waals surface area contributed by atoms with Crippen molar-refractivity contribution in [1.82, 2.24) is 4.98 Å². The number of hydrogen-bond donors (Lipinski definition) is 0. The summed E-state index contributed by atoms with van der Waals surface area (Å²) >= 11 is 9.41. The first-order valence-corrected chi connectivity index (χ1v) is 6.00. The minimum absolute atomic E-state index is 0.465. The first-order chi connectivity index (χ1) is 7.08. The molecule has 1 aromatic carbocycles. The number of halogens is 2. The number of hydrogen-bond acceptors (Lipinski definition) is 1. The van der Waals surface area contributed by atoms with Crippen molar-refractivity contribution >= 4 is 38.4 Å². The maximum Gasteiger partial charge on any atom is 0.110 e. The smallest absolute Gasteiger partial charge is 0.110 e. The number of nitrogens with zero attached hydrogens (tertiary/aromatic N) is 1. The number of benzene rings is 1. The fraction of sp³-hybridized carbons (Fsp3) is 0.250. The van der Waals surface area contributed by atoms with E-state index in [1.54, 1.807) is 0 Å². The van der Waals surface area contributed by atoms with Gasteiger partial charge in [0.05, 0.1) is 5.52 Å². The third-order valence-corrected chi connectivity index (χ3v) is 3.25. The number of rotatable bonds is 1. The summed E-state index contributed by atoms with van der Waals surface area (Å²) in [6, 6.07) is 7.94. The van der Waals surface area contributed by atoms with E-state index in [1.807, 2.05) is 18.2 Å². The molecule has 0 aliphatic carbocycles. The minimum Gasteiger partial charge on any atom is -0.241 e. The molecule has 0 aliphatic rings. The van der Waals surface area contributed by atoms with Crippen molar-refractivity contribution in [1.29, 1.82) is 0 Å². The molecular formula is C12H11BrClN. The van der Waals surface area contributed by atoms with Crippen LogP contribution in [-0.4, -0.2) is 4.98 Å². The maximum absolute atomic E-state index is 5.92. The molecule has 78 valence electrons. The van der Waals surface area contributed by atoms with Gasteiger partial charge in [-0.05, 0) is 45.6 Å². The van der Waals surface area contributed by atoms with Crippen molar-refractivity contribution in [3.8, 4) is 0 Å². The molecule has 0 fully saturated rings. The summed E-state index contributed by atoms with van der Waals surface area (Å²) in [5.41, 5.74) is 2.16. The zero-order chi connectivity index (χ0) is 11.0. The Hall–Kier alpha value is -0.600. The van der Waals surface area contributed by atoms with Gasteiger partial charge in [-0.1, -0.05) is 31.5 Å². The van der Waals surface area contributed by atoms with Gasteiger partial charge in [-0.2, -0.15) is 0 Å². The highest BCUT2D eigenvalue weighted by molar-refractivity contribution is 9.10. The normalized spacial score (nSPS) is 11.3. The summed E-state index contributed by atoms with van der Waals surface area (Å²) in [7, 11) is 0. The van der Waals surface area contributed by atoms with Gasteiger partial charge in [0.15, 0.2) is 0 Å². The van der Waals surface area contributed by atoms with Crippen LogP contribution in [-0.2, 0) is 0 Å². The van der Waals surface area contributed by atoms with E-state index < -0.39 is 0 Å². The van der Waals surface area contributed by atoms with E-state index >= 15 is 0 Å². The van der Waals surface area contributed by atoms with E-state index in [4.69, 9.17) is 11.6 Å². The fourth-order valence-electron chi connectivity index (χ4n) is 1.54. The van der Waals surface area contributed by atoms with Crippen molar-refractivity contribution in [2.45, 2.75) is 19.8 Å². The molecule has 0 spiro atoms. The van der Waals surface area contributed by atoms with E-state index in [0.29, 0.717) is 5.92 Å². The minimum atomic E-state index is 0.465. The number of fused-ring (bicyclic) bond motifs is 1. The maximum atomic E-state index is 5.92. The first kappa shape index (κ1) is 10.9. The highest BCUT2D eigenvalue weighted by Gasteiger charge is 2.07. The lowest BCUT2D eigenvalue weighted by Gasteiger charge is -2.09. The number of pyridine rings is 1. The zero-order valence-electron chi connectivity index (χ0n) is 8.59. The van der Waals surface area contributed by atoms with Gasteiger partial charge >= 0.3 is 0 Å². The molecule has 1 aromatic heterocycles. The van der Waals surface area contributed by atoms with E-state index in [-0.39, 0.29) is 0 Å². The highest BCUT2D eigenvalue weighted by atomic mass is 79.9. The lowest BCUT2D eigenvalue weighted by Crippen LogP contribution is -1.92. The molecule has 1 heterocycles. The molecule has 0 N–H and O–H groups in total. The first-order valence-electron chi connectivity index (χ1n) is 4.83. The molecule has 15 heavy (non-hydrogen) atoms. The number of aromatic nitrogens is 1. The molecule has 0 saturated heterocycles. The molecule has 0 unspecified atom stereocenters. The second-order valence-electron chi connectivity index (χ2n) is 3.86. The Bertz CT molecular complexity index is 508. The quantitative estimate of drug-likeness (QED) is 0.687. The van der Waals surface area contributed by atoms with Gasteiger partial charge in [0.1, 0.15) is 4.60 Å². The Morgan fingerprint density at radius 3 is 2.67 bits per heavy atom. The Balaban J connectivity index is 2.71. The monoisotopic (exact) mass is 283 g/mol. The molecule has 2 aromatic rings.